The number of aromatic nitrogens is 1. The molecule has 0 aliphatic rings. The minimum Gasteiger partial charge on any atom is -0.497 e. The lowest BCUT2D eigenvalue weighted by atomic mass is 10.1. The second-order valence-electron chi connectivity index (χ2n) is 5.62. The lowest BCUT2D eigenvalue weighted by Crippen LogP contribution is -2.27. The van der Waals surface area contributed by atoms with Crippen LogP contribution in [0.15, 0.2) is 48.5 Å². The number of halogens is 1. The zero-order valence-corrected chi connectivity index (χ0v) is 14.4. The van der Waals surface area contributed by atoms with Crippen LogP contribution in [0.3, 0.4) is 0 Å². The van der Waals surface area contributed by atoms with Crippen molar-refractivity contribution in [3.05, 3.63) is 64.8 Å². The molecular weight excluding hydrogens is 324 g/mol. The minimum atomic E-state index is -0.0988. The standard InChI is InChI=1S/C19H19ClN2O2/c1-22-17-5-3-4-16(20)15(17)12-18(22)19(23)21-11-10-13-6-8-14(24-2)9-7-13/h3-9,12H,10-11H2,1-2H3,(H,21,23). The Bertz CT molecular complexity index is 869. The highest BCUT2D eigenvalue weighted by atomic mass is 35.5. The molecule has 0 saturated heterocycles. The second-order valence-corrected chi connectivity index (χ2v) is 6.02. The summed E-state index contributed by atoms with van der Waals surface area (Å²) in [6.07, 6.45) is 0.764. The summed E-state index contributed by atoms with van der Waals surface area (Å²) in [4.78, 5) is 12.4. The Morgan fingerprint density at radius 1 is 1.21 bits per heavy atom. The maximum absolute atomic E-state index is 12.4. The van der Waals surface area contributed by atoms with Gasteiger partial charge in [-0.2, -0.15) is 0 Å². The Labute approximate surface area is 146 Å². The fraction of sp³-hybridized carbons (Fsp3) is 0.211. The number of ether oxygens (including phenoxy) is 1. The number of benzene rings is 2. The SMILES string of the molecule is COc1ccc(CCNC(=O)c2cc3c(Cl)cccc3n2C)cc1. The molecule has 0 fully saturated rings. The first kappa shape index (κ1) is 16.4. The molecule has 1 aromatic heterocycles. The summed E-state index contributed by atoms with van der Waals surface area (Å²) in [5, 5.41) is 4.51. The fourth-order valence-corrected chi connectivity index (χ4v) is 2.97. The number of nitrogens with zero attached hydrogens (tertiary/aromatic N) is 1. The van der Waals surface area contributed by atoms with Gasteiger partial charge in [-0.15, -0.1) is 0 Å². The number of amides is 1. The average molecular weight is 343 g/mol. The van der Waals surface area contributed by atoms with Crippen molar-refractivity contribution in [3.63, 3.8) is 0 Å². The van der Waals surface area contributed by atoms with Gasteiger partial charge < -0.3 is 14.6 Å². The minimum absolute atomic E-state index is 0.0988. The number of hydrogen-bond acceptors (Lipinski definition) is 2. The van der Waals surface area contributed by atoms with Gasteiger partial charge in [-0.25, -0.2) is 0 Å². The van der Waals surface area contributed by atoms with Crippen LogP contribution < -0.4 is 10.1 Å². The highest BCUT2D eigenvalue weighted by Gasteiger charge is 2.14. The van der Waals surface area contributed by atoms with Crippen molar-refractivity contribution in [2.75, 3.05) is 13.7 Å². The molecule has 0 atom stereocenters. The third kappa shape index (κ3) is 3.24. The molecule has 0 aliphatic carbocycles. The van der Waals surface area contributed by atoms with Crippen LogP contribution >= 0.6 is 11.6 Å². The van der Waals surface area contributed by atoms with Crippen LogP contribution in [0.2, 0.25) is 5.02 Å². The van der Waals surface area contributed by atoms with Gasteiger partial charge in [0.25, 0.3) is 5.91 Å². The summed E-state index contributed by atoms with van der Waals surface area (Å²) in [6.45, 7) is 0.570. The molecule has 2 aromatic carbocycles. The molecule has 1 amide bonds. The maximum atomic E-state index is 12.4. The van der Waals surface area contributed by atoms with Gasteiger partial charge in [-0.1, -0.05) is 29.8 Å². The Balaban J connectivity index is 1.66. The summed E-state index contributed by atoms with van der Waals surface area (Å²) in [7, 11) is 3.52. The van der Waals surface area contributed by atoms with Gasteiger partial charge in [-0.05, 0) is 42.3 Å². The first-order valence-electron chi connectivity index (χ1n) is 7.75. The van der Waals surface area contributed by atoms with Crippen molar-refractivity contribution in [3.8, 4) is 5.75 Å². The summed E-state index contributed by atoms with van der Waals surface area (Å²) in [5.41, 5.74) is 2.70. The van der Waals surface area contributed by atoms with Gasteiger partial charge >= 0.3 is 0 Å². The van der Waals surface area contributed by atoms with Crippen LogP contribution in [-0.4, -0.2) is 24.1 Å². The highest BCUT2D eigenvalue weighted by molar-refractivity contribution is 6.35. The van der Waals surface area contributed by atoms with Crippen molar-refractivity contribution < 1.29 is 9.53 Å². The summed E-state index contributed by atoms with van der Waals surface area (Å²) in [6, 6.07) is 15.3. The van der Waals surface area contributed by atoms with Crippen LogP contribution in [0.4, 0.5) is 0 Å². The molecule has 4 nitrogen and oxygen atoms in total. The van der Waals surface area contributed by atoms with E-state index in [1.54, 1.807) is 7.11 Å². The molecule has 0 unspecified atom stereocenters. The average Bonchev–Trinajstić information content (AvgIpc) is 2.94. The van der Waals surface area contributed by atoms with Crippen LogP contribution in [0, 0.1) is 0 Å². The van der Waals surface area contributed by atoms with Crippen LogP contribution in [0.25, 0.3) is 10.9 Å². The van der Waals surface area contributed by atoms with E-state index in [0.29, 0.717) is 17.3 Å². The van der Waals surface area contributed by atoms with Gasteiger partial charge in [0.2, 0.25) is 0 Å². The van der Waals surface area contributed by atoms with Gasteiger partial charge in [0, 0.05) is 29.5 Å². The monoisotopic (exact) mass is 342 g/mol. The molecule has 5 heteroatoms. The van der Waals surface area contributed by atoms with E-state index in [1.807, 2.05) is 60.1 Å². The second kappa shape index (κ2) is 6.97. The lowest BCUT2D eigenvalue weighted by Gasteiger charge is -2.07. The van der Waals surface area contributed by atoms with Gasteiger partial charge in [0.1, 0.15) is 11.4 Å². The van der Waals surface area contributed by atoms with E-state index >= 15 is 0 Å². The Morgan fingerprint density at radius 3 is 2.62 bits per heavy atom. The van der Waals surface area contributed by atoms with Crippen molar-refractivity contribution in [2.45, 2.75) is 6.42 Å². The molecule has 0 spiro atoms. The maximum Gasteiger partial charge on any atom is 0.267 e. The van der Waals surface area contributed by atoms with Gasteiger partial charge in [-0.3, -0.25) is 4.79 Å². The highest BCUT2D eigenvalue weighted by Crippen LogP contribution is 2.26. The zero-order chi connectivity index (χ0) is 17.1. The molecule has 0 saturated carbocycles. The van der Waals surface area contributed by atoms with Crippen molar-refractivity contribution in [1.82, 2.24) is 9.88 Å². The molecule has 124 valence electrons. The zero-order valence-electron chi connectivity index (χ0n) is 13.7. The molecular formula is C19H19ClN2O2. The van der Waals surface area contributed by atoms with Crippen molar-refractivity contribution >= 4 is 28.4 Å². The Kier molecular flexibility index (Phi) is 4.76. The van der Waals surface area contributed by atoms with Crippen molar-refractivity contribution in [2.24, 2.45) is 7.05 Å². The molecule has 3 rings (SSSR count). The Hall–Kier alpha value is -2.46. The number of carbonyl (C=O) groups is 1. The van der Waals surface area contributed by atoms with Crippen LogP contribution in [-0.2, 0) is 13.5 Å². The van der Waals surface area contributed by atoms with E-state index in [0.717, 1.165) is 28.6 Å². The van der Waals surface area contributed by atoms with E-state index in [9.17, 15) is 4.79 Å². The molecule has 24 heavy (non-hydrogen) atoms. The molecule has 0 radical (unpaired) electrons. The predicted octanol–water partition coefficient (Wildman–Crippen LogP) is 3.81. The topological polar surface area (TPSA) is 43.3 Å². The van der Waals surface area contributed by atoms with E-state index < -0.39 is 0 Å². The summed E-state index contributed by atoms with van der Waals surface area (Å²) in [5.74, 6) is 0.730. The van der Waals surface area contributed by atoms with Crippen LogP contribution in [0.5, 0.6) is 5.75 Å². The summed E-state index contributed by atoms with van der Waals surface area (Å²) >= 11 is 6.20. The van der Waals surface area contributed by atoms with Crippen LogP contribution in [0.1, 0.15) is 16.1 Å². The third-order valence-electron chi connectivity index (χ3n) is 4.12. The first-order valence-corrected chi connectivity index (χ1v) is 8.13. The third-order valence-corrected chi connectivity index (χ3v) is 4.45. The number of hydrogen-bond donors (Lipinski definition) is 1. The summed E-state index contributed by atoms with van der Waals surface area (Å²) < 4.78 is 7.00. The number of carbonyl (C=O) groups excluding carboxylic acids is 1. The predicted molar refractivity (Wildman–Crippen MR) is 97.0 cm³/mol. The number of aryl methyl sites for hydroxylation is 1. The number of nitrogens with one attached hydrogen (secondary N) is 1. The number of rotatable bonds is 5. The normalized spacial score (nSPS) is 10.8. The quantitative estimate of drug-likeness (QED) is 0.766. The van der Waals surface area contributed by atoms with E-state index in [1.165, 1.54) is 0 Å². The largest absolute Gasteiger partial charge is 0.497 e. The fourth-order valence-electron chi connectivity index (χ4n) is 2.75. The van der Waals surface area contributed by atoms with E-state index in [-0.39, 0.29) is 5.91 Å². The Morgan fingerprint density at radius 2 is 1.96 bits per heavy atom. The number of methoxy groups -OCH3 is 1. The van der Waals surface area contributed by atoms with E-state index in [2.05, 4.69) is 5.32 Å². The number of fused-ring (bicyclic) bond motifs is 1. The molecule has 0 bridgehead atoms. The smallest absolute Gasteiger partial charge is 0.267 e. The van der Waals surface area contributed by atoms with E-state index in [4.69, 9.17) is 16.3 Å². The van der Waals surface area contributed by atoms with Crippen molar-refractivity contribution in [1.29, 1.82) is 0 Å². The lowest BCUT2D eigenvalue weighted by molar-refractivity contribution is 0.0946. The molecule has 3 aromatic rings. The molecule has 1 N–H and O–H groups in total. The van der Waals surface area contributed by atoms with Gasteiger partial charge in [0.15, 0.2) is 0 Å². The van der Waals surface area contributed by atoms with Gasteiger partial charge in [0.05, 0.1) is 7.11 Å². The molecule has 0 aliphatic heterocycles. The first-order chi connectivity index (χ1) is 11.6. The molecule has 1 heterocycles.